The van der Waals surface area contributed by atoms with Crippen LogP contribution in [-0.2, 0) is 27.3 Å². The molecule has 1 aromatic rings. The third-order valence-electron chi connectivity index (χ3n) is 9.35. The SMILES string of the molecule is CN(C)c1cc(CNCC2CCSCC2)c(O)c2c1C[C@H]1C[C@H]3[C@@H](N(C)C)C(=O)C(C(N)=O)=C(O)[C@@]3(O)C(=O)C1=C2O. The van der Waals surface area contributed by atoms with Gasteiger partial charge in [-0.05, 0) is 81.3 Å². The summed E-state index contributed by atoms with van der Waals surface area (Å²) in [4.78, 5) is 42.9. The zero-order valence-corrected chi connectivity index (χ0v) is 25.3. The Labute approximate surface area is 249 Å². The van der Waals surface area contributed by atoms with Crippen LogP contribution in [0.25, 0.3) is 5.76 Å². The first-order valence-electron chi connectivity index (χ1n) is 14.3. The van der Waals surface area contributed by atoms with E-state index in [1.165, 1.54) is 4.90 Å². The Hall–Kier alpha value is -3.06. The summed E-state index contributed by atoms with van der Waals surface area (Å²) in [6, 6.07) is 0.776. The van der Waals surface area contributed by atoms with Crippen molar-refractivity contribution in [1.82, 2.24) is 10.2 Å². The maximum Gasteiger partial charge on any atom is 0.255 e. The van der Waals surface area contributed by atoms with Crippen LogP contribution in [0.2, 0.25) is 0 Å². The number of Topliss-reactive ketones (excluding diaryl/α,β-unsaturated/α-hetero) is 2. The minimum Gasteiger partial charge on any atom is -0.508 e. The van der Waals surface area contributed by atoms with Crippen LogP contribution in [0, 0.1) is 17.8 Å². The predicted octanol–water partition coefficient (Wildman–Crippen LogP) is 1.26. The molecule has 1 aromatic carbocycles. The van der Waals surface area contributed by atoms with Crippen LogP contribution >= 0.6 is 11.8 Å². The van der Waals surface area contributed by atoms with Crippen LogP contribution in [0.5, 0.6) is 5.75 Å². The second kappa shape index (κ2) is 11.2. The first kappa shape index (κ1) is 30.4. The summed E-state index contributed by atoms with van der Waals surface area (Å²) < 4.78 is 0. The average Bonchev–Trinajstić information content (AvgIpc) is 2.92. The number of aliphatic hydroxyl groups excluding tert-OH is 2. The molecule has 11 nitrogen and oxygen atoms in total. The van der Waals surface area contributed by atoms with E-state index in [1.54, 1.807) is 14.1 Å². The van der Waals surface area contributed by atoms with E-state index < -0.39 is 58.0 Å². The molecular weight excluding hydrogens is 560 g/mol. The molecule has 0 unspecified atom stereocenters. The van der Waals surface area contributed by atoms with E-state index in [2.05, 4.69) is 5.32 Å². The van der Waals surface area contributed by atoms with Gasteiger partial charge in [0.05, 0.1) is 11.6 Å². The van der Waals surface area contributed by atoms with E-state index in [4.69, 9.17) is 5.73 Å². The molecule has 3 aliphatic carbocycles. The van der Waals surface area contributed by atoms with Crippen molar-refractivity contribution in [3.05, 3.63) is 39.7 Å². The number of rotatable bonds is 7. The topological polar surface area (TPSA) is 177 Å². The van der Waals surface area contributed by atoms with Gasteiger partial charge in [0.2, 0.25) is 5.78 Å². The third-order valence-corrected chi connectivity index (χ3v) is 10.4. The number of amides is 1. The summed E-state index contributed by atoms with van der Waals surface area (Å²) in [5.41, 5.74) is 3.88. The Bertz CT molecular complexity index is 1400. The first-order chi connectivity index (χ1) is 19.8. The molecule has 2 fully saturated rings. The van der Waals surface area contributed by atoms with Gasteiger partial charge in [-0.3, -0.25) is 19.3 Å². The number of benzene rings is 1. The standard InChI is InChI=1S/C30H40N4O7S/c1-33(2)19-11-16(13-32-12-14-5-7-42-8-6-14)24(35)21-17(19)9-15-10-18-23(34(3)4)26(37)22(29(31)40)28(39)30(18,41)27(38)20(15)25(21)36/h11,14-15,18,23,32,35-36,39,41H,5-10,12-13H2,1-4H3,(H2,31,40)/t15-,18-,23+,30-/m0/s1. The molecule has 1 aliphatic heterocycles. The normalized spacial score (nSPS) is 28.1. The maximum atomic E-state index is 14.1. The minimum atomic E-state index is -2.65. The highest BCUT2D eigenvalue weighted by Crippen LogP contribution is 2.54. The third kappa shape index (κ3) is 4.68. The van der Waals surface area contributed by atoms with Crippen molar-refractivity contribution in [1.29, 1.82) is 0 Å². The van der Waals surface area contributed by atoms with Crippen molar-refractivity contribution in [3.8, 4) is 5.75 Å². The largest absolute Gasteiger partial charge is 0.508 e. The van der Waals surface area contributed by atoms with Crippen molar-refractivity contribution in [2.24, 2.45) is 23.5 Å². The molecular formula is C30H40N4O7S. The number of phenols is 1. The molecule has 0 bridgehead atoms. The Morgan fingerprint density at radius 3 is 2.40 bits per heavy atom. The van der Waals surface area contributed by atoms with Crippen LogP contribution in [0.3, 0.4) is 0 Å². The fraction of sp³-hybridized carbons (Fsp3) is 0.567. The second-order valence-electron chi connectivity index (χ2n) is 12.3. The van der Waals surface area contributed by atoms with Gasteiger partial charge in [-0.25, -0.2) is 0 Å². The van der Waals surface area contributed by atoms with Gasteiger partial charge in [-0.2, -0.15) is 11.8 Å². The fourth-order valence-corrected chi connectivity index (χ4v) is 8.45. The number of nitrogens with two attached hydrogens (primary N) is 1. The summed E-state index contributed by atoms with van der Waals surface area (Å²) in [5, 5.41) is 49.4. The molecule has 5 rings (SSSR count). The van der Waals surface area contributed by atoms with Gasteiger partial charge < -0.3 is 36.4 Å². The number of aromatic hydroxyl groups is 1. The van der Waals surface area contributed by atoms with E-state index in [-0.39, 0.29) is 29.7 Å². The van der Waals surface area contributed by atoms with Gasteiger partial charge in [-0.1, -0.05) is 0 Å². The molecule has 12 heteroatoms. The summed E-state index contributed by atoms with van der Waals surface area (Å²) in [6.07, 6.45) is 2.58. The van der Waals surface area contributed by atoms with Gasteiger partial charge in [0, 0.05) is 43.4 Å². The molecule has 4 aliphatic rings. The molecule has 7 N–H and O–H groups in total. The molecule has 1 amide bonds. The highest BCUT2D eigenvalue weighted by atomic mass is 32.2. The van der Waals surface area contributed by atoms with Gasteiger partial charge >= 0.3 is 0 Å². The number of likely N-dealkylation sites (N-methyl/N-ethyl adjacent to an activating group) is 1. The molecule has 0 spiro atoms. The monoisotopic (exact) mass is 600 g/mol. The van der Waals surface area contributed by atoms with Gasteiger partial charge in [0.15, 0.2) is 11.4 Å². The summed E-state index contributed by atoms with van der Waals surface area (Å²) in [6.45, 7) is 1.16. The van der Waals surface area contributed by atoms with E-state index >= 15 is 0 Å². The van der Waals surface area contributed by atoms with E-state index in [9.17, 15) is 34.8 Å². The summed E-state index contributed by atoms with van der Waals surface area (Å²) in [7, 11) is 6.89. The first-order valence-corrected chi connectivity index (χ1v) is 15.4. The Morgan fingerprint density at radius 1 is 1.14 bits per heavy atom. The van der Waals surface area contributed by atoms with Gasteiger partial charge in [-0.15, -0.1) is 0 Å². The molecule has 1 heterocycles. The van der Waals surface area contributed by atoms with E-state index in [0.29, 0.717) is 23.6 Å². The minimum absolute atomic E-state index is 0.0579. The van der Waals surface area contributed by atoms with Crippen LogP contribution in [0.15, 0.2) is 23.0 Å². The number of anilines is 1. The van der Waals surface area contributed by atoms with E-state index in [0.717, 1.165) is 36.6 Å². The van der Waals surface area contributed by atoms with Crippen molar-refractivity contribution < 1.29 is 34.8 Å². The smallest absolute Gasteiger partial charge is 0.255 e. The molecule has 0 radical (unpaired) electrons. The van der Waals surface area contributed by atoms with Gasteiger partial charge in [0.25, 0.3) is 5.91 Å². The second-order valence-corrected chi connectivity index (χ2v) is 13.5. The Morgan fingerprint density at radius 2 is 1.81 bits per heavy atom. The lowest BCUT2D eigenvalue weighted by Crippen LogP contribution is -2.65. The van der Waals surface area contributed by atoms with Crippen molar-refractivity contribution in [2.75, 3.05) is 51.1 Å². The number of hydrogen-bond donors (Lipinski definition) is 6. The molecule has 0 aromatic heterocycles. The van der Waals surface area contributed by atoms with Gasteiger partial charge in [0.1, 0.15) is 22.8 Å². The van der Waals surface area contributed by atoms with Crippen molar-refractivity contribution in [3.63, 3.8) is 0 Å². The zero-order valence-electron chi connectivity index (χ0n) is 24.4. The molecule has 4 atom stereocenters. The van der Waals surface area contributed by atoms with E-state index in [1.807, 2.05) is 36.8 Å². The number of primary amides is 1. The number of carbonyl (C=O) groups is 3. The quantitative estimate of drug-likeness (QED) is 0.249. The number of fused-ring (bicyclic) bond motifs is 3. The van der Waals surface area contributed by atoms with Crippen LogP contribution in [-0.4, -0.2) is 101 Å². The van der Waals surface area contributed by atoms with Crippen LogP contribution in [0.4, 0.5) is 5.69 Å². The Kier molecular flexibility index (Phi) is 8.12. The van der Waals surface area contributed by atoms with Crippen LogP contribution in [0.1, 0.15) is 36.0 Å². The number of ketones is 2. The fourth-order valence-electron chi connectivity index (χ4n) is 7.24. The van der Waals surface area contributed by atoms with Crippen molar-refractivity contribution >= 4 is 40.7 Å². The highest BCUT2D eigenvalue weighted by Gasteiger charge is 2.64. The van der Waals surface area contributed by atoms with Crippen LogP contribution < -0.4 is 16.0 Å². The lowest BCUT2D eigenvalue weighted by atomic mass is 9.57. The molecule has 42 heavy (non-hydrogen) atoms. The lowest BCUT2D eigenvalue weighted by Gasteiger charge is -2.50. The number of nitrogens with zero attached hydrogens (tertiary/aromatic N) is 2. The highest BCUT2D eigenvalue weighted by molar-refractivity contribution is 7.99. The molecule has 1 saturated carbocycles. The summed E-state index contributed by atoms with van der Waals surface area (Å²) in [5.74, 6) is -3.62. The number of aliphatic hydroxyl groups is 3. The average molecular weight is 601 g/mol. The lowest BCUT2D eigenvalue weighted by molar-refractivity contribution is -0.153. The predicted molar refractivity (Wildman–Crippen MR) is 160 cm³/mol. The number of nitrogens with one attached hydrogen (secondary N) is 1. The summed E-state index contributed by atoms with van der Waals surface area (Å²) >= 11 is 1.96. The maximum absolute atomic E-state index is 14.1. The number of hydrogen-bond acceptors (Lipinski definition) is 11. The van der Waals surface area contributed by atoms with Crippen molar-refractivity contribution in [2.45, 2.75) is 43.9 Å². The zero-order chi connectivity index (χ0) is 30.7. The molecule has 1 saturated heterocycles. The number of thioether (sulfide) groups is 1. The molecule has 228 valence electrons. The number of carbonyl (C=O) groups excluding carboxylic acids is 3. The Balaban J connectivity index is 1.60. The number of phenolic OH excluding ortho intramolecular Hbond substituents is 1.